The SMILES string of the molecule is NCc1cccc(-n2c3ccccc3c3ccc4c(ccc5ccc6c7ccccc7oc6c54)c32)c1. The summed E-state index contributed by atoms with van der Waals surface area (Å²) >= 11 is 0. The van der Waals surface area contributed by atoms with Gasteiger partial charge in [0.15, 0.2) is 0 Å². The Morgan fingerprint density at radius 1 is 0.611 bits per heavy atom. The second-order valence-corrected chi connectivity index (χ2v) is 9.49. The van der Waals surface area contributed by atoms with E-state index in [2.05, 4.69) is 102 Å². The largest absolute Gasteiger partial charge is 0.455 e. The maximum atomic E-state index is 6.47. The smallest absolute Gasteiger partial charge is 0.143 e. The molecule has 8 rings (SSSR count). The van der Waals surface area contributed by atoms with E-state index < -0.39 is 0 Å². The molecule has 3 nitrogen and oxygen atoms in total. The second kappa shape index (κ2) is 7.20. The quantitative estimate of drug-likeness (QED) is 0.262. The number of para-hydroxylation sites is 2. The van der Waals surface area contributed by atoms with E-state index >= 15 is 0 Å². The van der Waals surface area contributed by atoms with Gasteiger partial charge in [-0.05, 0) is 46.7 Å². The summed E-state index contributed by atoms with van der Waals surface area (Å²) in [6, 6.07) is 38.9. The van der Waals surface area contributed by atoms with Crippen LogP contribution in [-0.4, -0.2) is 4.57 Å². The molecule has 8 aromatic rings. The highest BCUT2D eigenvalue weighted by atomic mass is 16.3. The third kappa shape index (κ3) is 2.55. The van der Waals surface area contributed by atoms with E-state index in [-0.39, 0.29) is 0 Å². The molecule has 170 valence electrons. The van der Waals surface area contributed by atoms with Crippen molar-refractivity contribution < 1.29 is 4.42 Å². The summed E-state index contributed by atoms with van der Waals surface area (Å²) in [5.74, 6) is 0. The summed E-state index contributed by atoms with van der Waals surface area (Å²) in [6.45, 7) is 0.514. The summed E-state index contributed by atoms with van der Waals surface area (Å²) in [5.41, 5.74) is 12.5. The molecule has 0 unspecified atom stereocenters. The van der Waals surface area contributed by atoms with Gasteiger partial charge in [-0.15, -0.1) is 0 Å². The molecule has 0 spiro atoms. The molecule has 0 fully saturated rings. The highest BCUT2D eigenvalue weighted by Gasteiger charge is 2.18. The van der Waals surface area contributed by atoms with Crippen LogP contribution in [0.5, 0.6) is 0 Å². The first-order valence-corrected chi connectivity index (χ1v) is 12.3. The number of benzene rings is 6. The van der Waals surface area contributed by atoms with E-state index in [1.807, 2.05) is 12.1 Å². The second-order valence-electron chi connectivity index (χ2n) is 9.49. The zero-order valence-corrected chi connectivity index (χ0v) is 19.5. The summed E-state index contributed by atoms with van der Waals surface area (Å²) in [6.07, 6.45) is 0. The average molecular weight is 463 g/mol. The molecule has 0 aliphatic heterocycles. The first-order valence-electron chi connectivity index (χ1n) is 12.3. The standard InChI is InChI=1S/C33H22N2O/c34-19-20-6-5-7-22(18-20)35-29-10-3-1-8-23(29)26-17-16-25-27(32(26)35)14-12-21-13-15-28-24-9-2-4-11-30(24)36-33(28)31(21)25/h1-18H,19,34H2. The van der Waals surface area contributed by atoms with Crippen molar-refractivity contribution in [1.29, 1.82) is 0 Å². The van der Waals surface area contributed by atoms with E-state index in [1.165, 1.54) is 38.0 Å². The van der Waals surface area contributed by atoms with Crippen molar-refractivity contribution in [2.24, 2.45) is 5.73 Å². The fraction of sp³-hybridized carbons (Fsp3) is 0.0303. The third-order valence-electron chi connectivity index (χ3n) is 7.56. The third-order valence-corrected chi connectivity index (χ3v) is 7.56. The van der Waals surface area contributed by atoms with Gasteiger partial charge in [0.2, 0.25) is 0 Å². The molecule has 0 amide bonds. The fourth-order valence-electron chi connectivity index (χ4n) is 5.95. The molecule has 2 aromatic heterocycles. The van der Waals surface area contributed by atoms with Crippen molar-refractivity contribution in [3.8, 4) is 5.69 Å². The van der Waals surface area contributed by atoms with E-state index in [0.29, 0.717) is 6.54 Å². The lowest BCUT2D eigenvalue weighted by molar-refractivity contribution is 0.673. The molecule has 6 aromatic carbocycles. The van der Waals surface area contributed by atoms with Crippen LogP contribution >= 0.6 is 0 Å². The Balaban J connectivity index is 1.59. The van der Waals surface area contributed by atoms with Gasteiger partial charge in [0, 0.05) is 44.5 Å². The van der Waals surface area contributed by atoms with Crippen LogP contribution in [0.1, 0.15) is 5.56 Å². The fourth-order valence-corrected chi connectivity index (χ4v) is 5.95. The predicted molar refractivity (Wildman–Crippen MR) is 151 cm³/mol. The zero-order valence-electron chi connectivity index (χ0n) is 19.5. The van der Waals surface area contributed by atoms with Crippen molar-refractivity contribution in [1.82, 2.24) is 4.57 Å². The number of nitrogens with two attached hydrogens (primary N) is 1. The van der Waals surface area contributed by atoms with Gasteiger partial charge in [-0.25, -0.2) is 0 Å². The van der Waals surface area contributed by atoms with Crippen LogP contribution in [0.3, 0.4) is 0 Å². The van der Waals surface area contributed by atoms with Crippen molar-refractivity contribution in [2.75, 3.05) is 0 Å². The first kappa shape index (κ1) is 19.7. The van der Waals surface area contributed by atoms with Crippen molar-refractivity contribution in [3.05, 3.63) is 115 Å². The topological polar surface area (TPSA) is 44.1 Å². The van der Waals surface area contributed by atoms with Crippen LogP contribution in [0.15, 0.2) is 114 Å². The van der Waals surface area contributed by atoms with Crippen molar-refractivity contribution in [3.63, 3.8) is 0 Å². The van der Waals surface area contributed by atoms with Gasteiger partial charge >= 0.3 is 0 Å². The molecule has 0 atom stereocenters. The molecular weight excluding hydrogens is 440 g/mol. The molecule has 0 bridgehead atoms. The number of hydrogen-bond donors (Lipinski definition) is 1. The molecule has 36 heavy (non-hydrogen) atoms. The minimum atomic E-state index is 0.514. The normalized spacial score (nSPS) is 12.1. The van der Waals surface area contributed by atoms with Crippen LogP contribution in [0, 0.1) is 0 Å². The molecule has 0 saturated heterocycles. The molecule has 0 saturated carbocycles. The maximum absolute atomic E-state index is 6.47. The minimum absolute atomic E-state index is 0.514. The van der Waals surface area contributed by atoms with E-state index in [4.69, 9.17) is 10.2 Å². The Kier molecular flexibility index (Phi) is 3.94. The Hall–Kier alpha value is -4.60. The minimum Gasteiger partial charge on any atom is -0.455 e. The monoisotopic (exact) mass is 462 g/mol. The number of nitrogens with zero attached hydrogens (tertiary/aromatic N) is 1. The lowest BCUT2D eigenvalue weighted by atomic mass is 9.97. The highest BCUT2D eigenvalue weighted by Crippen LogP contribution is 2.42. The van der Waals surface area contributed by atoms with Crippen LogP contribution in [0.2, 0.25) is 0 Å². The zero-order chi connectivity index (χ0) is 23.8. The van der Waals surface area contributed by atoms with Crippen LogP contribution in [-0.2, 0) is 6.54 Å². The molecule has 2 N–H and O–H groups in total. The Morgan fingerprint density at radius 3 is 2.22 bits per heavy atom. The van der Waals surface area contributed by atoms with Crippen molar-refractivity contribution >= 4 is 65.3 Å². The number of furan rings is 1. The molecule has 3 heteroatoms. The number of fused-ring (bicyclic) bond motifs is 11. The highest BCUT2D eigenvalue weighted by molar-refractivity contribution is 6.28. The number of rotatable bonds is 2. The van der Waals surface area contributed by atoms with Gasteiger partial charge in [0.1, 0.15) is 11.2 Å². The van der Waals surface area contributed by atoms with E-state index in [9.17, 15) is 0 Å². The van der Waals surface area contributed by atoms with Gasteiger partial charge in [-0.2, -0.15) is 0 Å². The summed E-state index contributed by atoms with van der Waals surface area (Å²) < 4.78 is 8.85. The Morgan fingerprint density at radius 2 is 1.33 bits per heavy atom. The van der Waals surface area contributed by atoms with E-state index in [1.54, 1.807) is 0 Å². The van der Waals surface area contributed by atoms with Gasteiger partial charge in [-0.1, -0.05) is 78.9 Å². The average Bonchev–Trinajstić information content (AvgIpc) is 3.49. The summed E-state index contributed by atoms with van der Waals surface area (Å²) in [4.78, 5) is 0. The van der Waals surface area contributed by atoms with Gasteiger partial charge in [-0.3, -0.25) is 0 Å². The van der Waals surface area contributed by atoms with Gasteiger partial charge in [0.25, 0.3) is 0 Å². The number of hydrogen-bond acceptors (Lipinski definition) is 2. The first-order chi connectivity index (χ1) is 17.8. The van der Waals surface area contributed by atoms with Crippen LogP contribution in [0.4, 0.5) is 0 Å². The molecular formula is C33H22N2O. The lowest BCUT2D eigenvalue weighted by Gasteiger charge is -2.12. The van der Waals surface area contributed by atoms with E-state index in [0.717, 1.165) is 38.6 Å². The Labute approximate surface area is 206 Å². The summed E-state index contributed by atoms with van der Waals surface area (Å²) in [5, 5.41) is 9.55. The molecule has 0 aliphatic rings. The number of aromatic nitrogens is 1. The van der Waals surface area contributed by atoms with Gasteiger partial charge in [0.05, 0.1) is 11.0 Å². The van der Waals surface area contributed by atoms with Crippen LogP contribution < -0.4 is 5.73 Å². The maximum Gasteiger partial charge on any atom is 0.143 e. The molecule has 0 radical (unpaired) electrons. The summed E-state index contributed by atoms with van der Waals surface area (Å²) in [7, 11) is 0. The Bertz CT molecular complexity index is 2150. The predicted octanol–water partition coefficient (Wildman–Crippen LogP) is 8.45. The molecule has 2 heterocycles. The van der Waals surface area contributed by atoms with Crippen LogP contribution in [0.25, 0.3) is 71.0 Å². The lowest BCUT2D eigenvalue weighted by Crippen LogP contribution is -1.99. The van der Waals surface area contributed by atoms with Crippen molar-refractivity contribution in [2.45, 2.75) is 6.54 Å². The van der Waals surface area contributed by atoms with Gasteiger partial charge < -0.3 is 14.7 Å². The molecule has 0 aliphatic carbocycles.